The maximum atomic E-state index is 5.50. The number of aliphatic imine (C=N–C) groups is 1. The second-order valence-corrected chi connectivity index (χ2v) is 4.25. The van der Waals surface area contributed by atoms with Gasteiger partial charge in [-0.05, 0) is 12.1 Å². The molecule has 0 amide bonds. The van der Waals surface area contributed by atoms with Gasteiger partial charge in [-0.2, -0.15) is 0 Å². The molecule has 17 heavy (non-hydrogen) atoms. The molecule has 0 radical (unpaired) electrons. The quantitative estimate of drug-likeness (QED) is 0.832. The van der Waals surface area contributed by atoms with Gasteiger partial charge in [0.2, 0.25) is 0 Å². The number of hydrogen-bond acceptors (Lipinski definition) is 4. The first-order valence-electron chi connectivity index (χ1n) is 6.00. The van der Waals surface area contributed by atoms with Crippen molar-refractivity contribution in [1.82, 2.24) is 4.90 Å². The van der Waals surface area contributed by atoms with E-state index in [-0.39, 0.29) is 6.04 Å². The second kappa shape index (κ2) is 5.68. The lowest BCUT2D eigenvalue weighted by molar-refractivity contribution is 0.231. The lowest BCUT2D eigenvalue weighted by Crippen LogP contribution is -2.31. The average Bonchev–Trinajstić information content (AvgIpc) is 2.75. The molecule has 4 heteroatoms. The lowest BCUT2D eigenvalue weighted by Gasteiger charge is -2.22. The zero-order chi connectivity index (χ0) is 12.1. The maximum Gasteiger partial charge on any atom is 0.282 e. The maximum absolute atomic E-state index is 5.50. The predicted molar refractivity (Wildman–Crippen MR) is 68.8 cm³/mol. The minimum absolute atomic E-state index is 0.179. The molecule has 2 N–H and O–H groups in total. The van der Waals surface area contributed by atoms with Crippen LogP contribution in [-0.4, -0.2) is 36.7 Å². The first kappa shape index (κ1) is 11.9. The third-order valence-electron chi connectivity index (χ3n) is 2.90. The number of benzene rings is 1. The SMILES string of the molecule is CCN(Cc1ccccc1)C[C@H]1COC(N)=N1. The molecule has 2 rings (SSSR count). The third kappa shape index (κ3) is 3.46. The van der Waals surface area contributed by atoms with Gasteiger partial charge in [0, 0.05) is 13.1 Å². The van der Waals surface area contributed by atoms with Crippen molar-refractivity contribution >= 4 is 6.02 Å². The smallest absolute Gasteiger partial charge is 0.282 e. The number of hydrogen-bond donors (Lipinski definition) is 1. The molecule has 0 bridgehead atoms. The molecule has 92 valence electrons. The van der Waals surface area contributed by atoms with E-state index in [0.29, 0.717) is 12.6 Å². The van der Waals surface area contributed by atoms with E-state index in [2.05, 4.69) is 41.1 Å². The van der Waals surface area contributed by atoms with Crippen LogP contribution in [0.15, 0.2) is 35.3 Å². The average molecular weight is 233 g/mol. The topological polar surface area (TPSA) is 50.9 Å². The Morgan fingerprint density at radius 3 is 2.76 bits per heavy atom. The van der Waals surface area contributed by atoms with Gasteiger partial charge in [-0.25, -0.2) is 4.99 Å². The van der Waals surface area contributed by atoms with E-state index < -0.39 is 0 Å². The van der Waals surface area contributed by atoms with Gasteiger partial charge in [-0.1, -0.05) is 37.3 Å². The summed E-state index contributed by atoms with van der Waals surface area (Å²) in [5.41, 5.74) is 6.83. The van der Waals surface area contributed by atoms with Crippen LogP contribution in [-0.2, 0) is 11.3 Å². The van der Waals surface area contributed by atoms with Gasteiger partial charge in [0.1, 0.15) is 12.6 Å². The molecule has 0 fully saturated rings. The number of ether oxygens (including phenoxy) is 1. The van der Waals surface area contributed by atoms with Gasteiger partial charge < -0.3 is 10.5 Å². The molecule has 0 aliphatic carbocycles. The van der Waals surface area contributed by atoms with Crippen LogP contribution in [0.4, 0.5) is 0 Å². The molecule has 1 aromatic carbocycles. The summed E-state index contributed by atoms with van der Waals surface area (Å²) in [6.45, 7) is 5.61. The van der Waals surface area contributed by atoms with Gasteiger partial charge >= 0.3 is 0 Å². The Hall–Kier alpha value is -1.55. The van der Waals surface area contributed by atoms with Crippen LogP contribution in [0.1, 0.15) is 12.5 Å². The van der Waals surface area contributed by atoms with Crippen molar-refractivity contribution in [2.24, 2.45) is 10.7 Å². The van der Waals surface area contributed by atoms with Crippen LogP contribution < -0.4 is 5.73 Å². The van der Waals surface area contributed by atoms with Crippen molar-refractivity contribution in [3.63, 3.8) is 0 Å². The summed E-state index contributed by atoms with van der Waals surface area (Å²) >= 11 is 0. The van der Waals surface area contributed by atoms with Gasteiger partial charge in [0.05, 0.1) is 0 Å². The van der Waals surface area contributed by atoms with E-state index in [9.17, 15) is 0 Å². The fourth-order valence-electron chi connectivity index (χ4n) is 1.97. The number of rotatable bonds is 5. The fraction of sp³-hybridized carbons (Fsp3) is 0.462. The lowest BCUT2D eigenvalue weighted by atomic mass is 10.2. The molecule has 0 saturated heterocycles. The molecular formula is C13H19N3O. The Morgan fingerprint density at radius 1 is 1.41 bits per heavy atom. The van der Waals surface area contributed by atoms with E-state index in [0.717, 1.165) is 19.6 Å². The largest absolute Gasteiger partial charge is 0.463 e. The van der Waals surface area contributed by atoms with Gasteiger partial charge in [-0.15, -0.1) is 0 Å². The summed E-state index contributed by atoms with van der Waals surface area (Å²) in [4.78, 5) is 6.60. The molecular weight excluding hydrogens is 214 g/mol. The minimum Gasteiger partial charge on any atom is -0.463 e. The molecule has 0 saturated carbocycles. The van der Waals surface area contributed by atoms with Crippen LogP contribution in [0.2, 0.25) is 0 Å². The Morgan fingerprint density at radius 2 is 2.18 bits per heavy atom. The monoisotopic (exact) mass is 233 g/mol. The van der Waals surface area contributed by atoms with E-state index in [1.54, 1.807) is 0 Å². The zero-order valence-corrected chi connectivity index (χ0v) is 10.2. The molecule has 1 aliphatic heterocycles. The highest BCUT2D eigenvalue weighted by molar-refractivity contribution is 5.73. The van der Waals surface area contributed by atoms with Crippen molar-refractivity contribution in [1.29, 1.82) is 0 Å². The number of amidine groups is 1. The summed E-state index contributed by atoms with van der Waals surface area (Å²) in [5, 5.41) is 0. The Kier molecular flexibility index (Phi) is 3.98. The highest BCUT2D eigenvalue weighted by Crippen LogP contribution is 2.08. The summed E-state index contributed by atoms with van der Waals surface area (Å²) in [7, 11) is 0. The first-order chi connectivity index (χ1) is 8.28. The number of nitrogens with two attached hydrogens (primary N) is 1. The highest BCUT2D eigenvalue weighted by atomic mass is 16.5. The van der Waals surface area contributed by atoms with Gasteiger partial charge in [0.25, 0.3) is 6.02 Å². The van der Waals surface area contributed by atoms with Gasteiger partial charge in [-0.3, -0.25) is 4.90 Å². The van der Waals surface area contributed by atoms with E-state index in [4.69, 9.17) is 10.5 Å². The molecule has 0 unspecified atom stereocenters. The molecule has 1 heterocycles. The molecule has 4 nitrogen and oxygen atoms in total. The third-order valence-corrected chi connectivity index (χ3v) is 2.90. The fourth-order valence-corrected chi connectivity index (χ4v) is 1.97. The van der Waals surface area contributed by atoms with Crippen molar-refractivity contribution in [3.8, 4) is 0 Å². The van der Waals surface area contributed by atoms with Crippen LogP contribution in [0.5, 0.6) is 0 Å². The number of nitrogens with zero attached hydrogens (tertiary/aromatic N) is 2. The van der Waals surface area contributed by atoms with E-state index in [1.807, 2.05) is 6.07 Å². The molecule has 0 aromatic heterocycles. The Balaban J connectivity index is 1.89. The van der Waals surface area contributed by atoms with E-state index >= 15 is 0 Å². The summed E-state index contributed by atoms with van der Waals surface area (Å²) in [6, 6.07) is 11.0. The summed E-state index contributed by atoms with van der Waals surface area (Å²) < 4.78 is 5.16. The van der Waals surface area contributed by atoms with Crippen molar-refractivity contribution in [2.45, 2.75) is 19.5 Å². The van der Waals surface area contributed by atoms with Crippen molar-refractivity contribution in [3.05, 3.63) is 35.9 Å². The Labute approximate surface area is 102 Å². The molecule has 1 aliphatic rings. The predicted octanol–water partition coefficient (Wildman–Crippen LogP) is 1.22. The number of likely N-dealkylation sites (N-methyl/N-ethyl adjacent to an activating group) is 1. The second-order valence-electron chi connectivity index (χ2n) is 4.25. The summed E-state index contributed by atoms with van der Waals surface area (Å²) in [5.74, 6) is 0. The standard InChI is InChI=1S/C13H19N3O/c1-2-16(8-11-6-4-3-5-7-11)9-12-10-17-13(14)15-12/h3-7,12H,2,8-10H2,1H3,(H2,14,15)/t12-/m0/s1. The van der Waals surface area contributed by atoms with Crippen LogP contribution in [0.25, 0.3) is 0 Å². The normalized spacial score (nSPS) is 19.2. The molecule has 1 atom stereocenters. The minimum atomic E-state index is 0.179. The molecule has 1 aromatic rings. The Bertz CT molecular complexity index is 378. The highest BCUT2D eigenvalue weighted by Gasteiger charge is 2.19. The zero-order valence-electron chi connectivity index (χ0n) is 10.2. The van der Waals surface area contributed by atoms with Crippen molar-refractivity contribution in [2.75, 3.05) is 19.7 Å². The van der Waals surface area contributed by atoms with E-state index in [1.165, 1.54) is 5.56 Å². The van der Waals surface area contributed by atoms with Crippen molar-refractivity contribution < 1.29 is 4.74 Å². The van der Waals surface area contributed by atoms with Crippen LogP contribution in [0.3, 0.4) is 0 Å². The summed E-state index contributed by atoms with van der Waals surface area (Å²) in [6.07, 6.45) is 0. The first-order valence-corrected chi connectivity index (χ1v) is 6.00. The van der Waals surface area contributed by atoms with Crippen LogP contribution in [0, 0.1) is 0 Å². The van der Waals surface area contributed by atoms with Gasteiger partial charge in [0.15, 0.2) is 0 Å². The molecule has 0 spiro atoms. The van der Waals surface area contributed by atoms with Crippen LogP contribution >= 0.6 is 0 Å².